The Hall–Kier alpha value is -2.20. The Morgan fingerprint density at radius 3 is 2.60 bits per heavy atom. The molecule has 1 unspecified atom stereocenters. The molecule has 4 nitrogen and oxygen atoms in total. The SMILES string of the molecule is CNC(C)c1nnn(-c2ccc3ccccc3c2)c1C. The van der Waals surface area contributed by atoms with Gasteiger partial charge in [-0.2, -0.15) is 0 Å². The molecule has 0 saturated carbocycles. The van der Waals surface area contributed by atoms with Crippen molar-refractivity contribution in [3.05, 3.63) is 53.9 Å². The molecule has 1 aromatic heterocycles. The predicted octanol–water partition coefficient (Wildman–Crippen LogP) is 3.01. The summed E-state index contributed by atoms with van der Waals surface area (Å²) in [6.45, 7) is 4.14. The summed E-state index contributed by atoms with van der Waals surface area (Å²) in [6, 6.07) is 14.9. The van der Waals surface area contributed by atoms with Crippen LogP contribution in [0.15, 0.2) is 42.5 Å². The number of hydrogen-bond acceptors (Lipinski definition) is 3. The molecule has 0 aliphatic carbocycles. The fourth-order valence-electron chi connectivity index (χ4n) is 2.43. The molecule has 0 spiro atoms. The monoisotopic (exact) mass is 266 g/mol. The summed E-state index contributed by atoms with van der Waals surface area (Å²) in [5.41, 5.74) is 3.10. The number of nitrogens with one attached hydrogen (secondary N) is 1. The van der Waals surface area contributed by atoms with E-state index in [4.69, 9.17) is 0 Å². The van der Waals surface area contributed by atoms with Gasteiger partial charge in [-0.3, -0.25) is 0 Å². The summed E-state index contributed by atoms with van der Waals surface area (Å²) in [5.74, 6) is 0. The molecule has 0 aliphatic heterocycles. The molecule has 2 aromatic carbocycles. The van der Waals surface area contributed by atoms with Crippen LogP contribution < -0.4 is 5.32 Å². The molecule has 20 heavy (non-hydrogen) atoms. The molecule has 1 heterocycles. The number of benzene rings is 2. The van der Waals surface area contributed by atoms with Gasteiger partial charge in [-0.1, -0.05) is 35.5 Å². The molecular weight excluding hydrogens is 248 g/mol. The smallest absolute Gasteiger partial charge is 0.103 e. The Balaban J connectivity index is 2.09. The van der Waals surface area contributed by atoms with Crippen LogP contribution in [0, 0.1) is 6.92 Å². The van der Waals surface area contributed by atoms with E-state index < -0.39 is 0 Å². The molecule has 0 aliphatic rings. The van der Waals surface area contributed by atoms with Gasteiger partial charge in [0.25, 0.3) is 0 Å². The van der Waals surface area contributed by atoms with E-state index in [9.17, 15) is 0 Å². The molecule has 0 saturated heterocycles. The van der Waals surface area contributed by atoms with Gasteiger partial charge in [0.15, 0.2) is 0 Å². The van der Waals surface area contributed by atoms with E-state index in [1.54, 1.807) is 0 Å². The minimum Gasteiger partial charge on any atom is -0.312 e. The van der Waals surface area contributed by atoms with Crippen molar-refractivity contribution in [2.24, 2.45) is 0 Å². The summed E-state index contributed by atoms with van der Waals surface area (Å²) in [7, 11) is 1.93. The van der Waals surface area contributed by atoms with Gasteiger partial charge in [0.1, 0.15) is 5.69 Å². The Labute approximate surface area is 118 Å². The van der Waals surface area contributed by atoms with E-state index in [0.717, 1.165) is 17.1 Å². The Kier molecular flexibility index (Phi) is 3.24. The van der Waals surface area contributed by atoms with Crippen molar-refractivity contribution in [1.29, 1.82) is 0 Å². The first kappa shape index (κ1) is 12.8. The molecule has 3 aromatic rings. The lowest BCUT2D eigenvalue weighted by Gasteiger charge is -2.09. The minimum absolute atomic E-state index is 0.198. The van der Waals surface area contributed by atoms with E-state index in [0.29, 0.717) is 0 Å². The van der Waals surface area contributed by atoms with Crippen LogP contribution in [0.2, 0.25) is 0 Å². The standard InChI is InChI=1S/C16H18N4/c1-11(17-3)16-12(2)20(19-18-16)15-9-8-13-6-4-5-7-14(13)10-15/h4-11,17H,1-3H3. The van der Waals surface area contributed by atoms with E-state index in [2.05, 4.69) is 71.9 Å². The Morgan fingerprint density at radius 2 is 1.85 bits per heavy atom. The zero-order chi connectivity index (χ0) is 14.1. The molecule has 102 valence electrons. The summed E-state index contributed by atoms with van der Waals surface area (Å²) in [6.07, 6.45) is 0. The molecule has 4 heteroatoms. The van der Waals surface area contributed by atoms with Crippen LogP contribution in [0.3, 0.4) is 0 Å². The predicted molar refractivity (Wildman–Crippen MR) is 81.1 cm³/mol. The topological polar surface area (TPSA) is 42.7 Å². The van der Waals surface area contributed by atoms with E-state index in [1.165, 1.54) is 10.8 Å². The molecule has 0 fully saturated rings. The highest BCUT2D eigenvalue weighted by Crippen LogP contribution is 2.21. The Bertz CT molecular complexity index is 745. The van der Waals surface area contributed by atoms with Gasteiger partial charge in [0, 0.05) is 0 Å². The number of aromatic nitrogens is 3. The van der Waals surface area contributed by atoms with Crippen molar-refractivity contribution in [2.75, 3.05) is 7.05 Å². The first-order valence-electron chi connectivity index (χ1n) is 6.79. The zero-order valence-electron chi connectivity index (χ0n) is 12.0. The maximum absolute atomic E-state index is 4.29. The van der Waals surface area contributed by atoms with Gasteiger partial charge in [0.2, 0.25) is 0 Å². The lowest BCUT2D eigenvalue weighted by atomic mass is 10.1. The largest absolute Gasteiger partial charge is 0.312 e. The fourth-order valence-corrected chi connectivity index (χ4v) is 2.43. The summed E-state index contributed by atoms with van der Waals surface area (Å²) < 4.78 is 1.90. The van der Waals surface area contributed by atoms with Crippen molar-refractivity contribution in [1.82, 2.24) is 20.3 Å². The van der Waals surface area contributed by atoms with Gasteiger partial charge >= 0.3 is 0 Å². The van der Waals surface area contributed by atoms with E-state index >= 15 is 0 Å². The van der Waals surface area contributed by atoms with E-state index in [1.807, 2.05) is 11.7 Å². The summed E-state index contributed by atoms with van der Waals surface area (Å²) >= 11 is 0. The molecule has 1 atom stereocenters. The van der Waals surface area contributed by atoms with Crippen molar-refractivity contribution in [3.8, 4) is 5.69 Å². The lowest BCUT2D eigenvalue weighted by molar-refractivity contribution is 0.627. The van der Waals surface area contributed by atoms with Crippen LogP contribution in [0.25, 0.3) is 16.5 Å². The number of nitrogens with zero attached hydrogens (tertiary/aromatic N) is 3. The first-order valence-corrected chi connectivity index (χ1v) is 6.79. The Morgan fingerprint density at radius 1 is 1.10 bits per heavy atom. The normalized spacial score (nSPS) is 12.8. The maximum atomic E-state index is 4.29. The van der Waals surface area contributed by atoms with Gasteiger partial charge in [-0.25, -0.2) is 4.68 Å². The number of hydrogen-bond donors (Lipinski definition) is 1. The molecule has 3 rings (SSSR count). The van der Waals surface area contributed by atoms with Gasteiger partial charge in [-0.05, 0) is 43.8 Å². The average Bonchev–Trinajstić information content (AvgIpc) is 2.87. The average molecular weight is 266 g/mol. The van der Waals surface area contributed by atoms with Crippen molar-refractivity contribution >= 4 is 10.8 Å². The minimum atomic E-state index is 0.198. The van der Waals surface area contributed by atoms with Gasteiger partial charge in [-0.15, -0.1) is 5.10 Å². The second kappa shape index (κ2) is 5.06. The molecule has 0 radical (unpaired) electrons. The highest BCUT2D eigenvalue weighted by atomic mass is 15.4. The molecule has 1 N–H and O–H groups in total. The number of fused-ring (bicyclic) bond motifs is 1. The molecule has 0 bridgehead atoms. The molecule has 0 amide bonds. The van der Waals surface area contributed by atoms with Gasteiger partial charge < -0.3 is 5.32 Å². The third kappa shape index (κ3) is 2.08. The fraction of sp³-hybridized carbons (Fsp3) is 0.250. The second-order valence-corrected chi connectivity index (χ2v) is 5.01. The van der Waals surface area contributed by atoms with Gasteiger partial charge in [0.05, 0.1) is 17.4 Å². The summed E-state index contributed by atoms with van der Waals surface area (Å²) in [5, 5.41) is 14.2. The van der Waals surface area contributed by atoms with Crippen LogP contribution in [-0.2, 0) is 0 Å². The van der Waals surface area contributed by atoms with Crippen LogP contribution in [0.5, 0.6) is 0 Å². The zero-order valence-corrected chi connectivity index (χ0v) is 12.0. The first-order chi connectivity index (χ1) is 9.70. The number of rotatable bonds is 3. The van der Waals surface area contributed by atoms with Crippen LogP contribution in [0.1, 0.15) is 24.4 Å². The van der Waals surface area contributed by atoms with E-state index in [-0.39, 0.29) is 6.04 Å². The summed E-state index contributed by atoms with van der Waals surface area (Å²) in [4.78, 5) is 0. The lowest BCUT2D eigenvalue weighted by Crippen LogP contribution is -2.14. The highest BCUT2D eigenvalue weighted by molar-refractivity contribution is 5.84. The highest BCUT2D eigenvalue weighted by Gasteiger charge is 2.14. The molecular formula is C16H18N4. The van der Waals surface area contributed by atoms with Crippen molar-refractivity contribution < 1.29 is 0 Å². The third-order valence-corrected chi connectivity index (χ3v) is 3.75. The quantitative estimate of drug-likeness (QED) is 0.792. The van der Waals surface area contributed by atoms with Crippen LogP contribution in [0.4, 0.5) is 0 Å². The van der Waals surface area contributed by atoms with Crippen LogP contribution >= 0.6 is 0 Å². The van der Waals surface area contributed by atoms with Crippen molar-refractivity contribution in [2.45, 2.75) is 19.9 Å². The van der Waals surface area contributed by atoms with Crippen molar-refractivity contribution in [3.63, 3.8) is 0 Å². The third-order valence-electron chi connectivity index (χ3n) is 3.75. The van der Waals surface area contributed by atoms with Crippen LogP contribution in [-0.4, -0.2) is 22.0 Å². The maximum Gasteiger partial charge on any atom is 0.103 e. The second-order valence-electron chi connectivity index (χ2n) is 5.01.